The van der Waals surface area contributed by atoms with Gasteiger partial charge in [-0.1, -0.05) is 36.8 Å². The highest BCUT2D eigenvalue weighted by atomic mass is 16.2. The maximum atomic E-state index is 13.6. The average Bonchev–Trinajstić information content (AvgIpc) is 3.60. The molecule has 5 heteroatoms. The van der Waals surface area contributed by atoms with E-state index in [-0.39, 0.29) is 17.7 Å². The standard InChI is InChI=1S/C28H33N3O2/c1-2-14-30-26(33)28(18-22-7-3-4-8-23(22)21-9-15-29-16-10-21)13-6-17-31(20-28)25(32)24-19-27(24)11-5-12-27/h2-4,7-10,15-16,24H,1,5-6,11-14,17-20H2,(H,30,33)/t24-,28-/m1/s1. The van der Waals surface area contributed by atoms with Crippen molar-refractivity contribution in [1.29, 1.82) is 0 Å². The van der Waals surface area contributed by atoms with Crippen LogP contribution in [0.4, 0.5) is 0 Å². The maximum absolute atomic E-state index is 13.6. The molecule has 0 bridgehead atoms. The van der Waals surface area contributed by atoms with E-state index in [9.17, 15) is 9.59 Å². The van der Waals surface area contributed by atoms with E-state index in [1.807, 2.05) is 29.2 Å². The summed E-state index contributed by atoms with van der Waals surface area (Å²) < 4.78 is 0. The van der Waals surface area contributed by atoms with Gasteiger partial charge in [-0.3, -0.25) is 14.6 Å². The van der Waals surface area contributed by atoms with Gasteiger partial charge in [-0.15, -0.1) is 6.58 Å². The van der Waals surface area contributed by atoms with Crippen LogP contribution in [0.5, 0.6) is 0 Å². The summed E-state index contributed by atoms with van der Waals surface area (Å²) in [6.07, 6.45) is 12.2. The molecule has 2 atom stereocenters. The Morgan fingerprint density at radius 3 is 2.61 bits per heavy atom. The van der Waals surface area contributed by atoms with Crippen molar-refractivity contribution in [2.75, 3.05) is 19.6 Å². The van der Waals surface area contributed by atoms with Crippen LogP contribution >= 0.6 is 0 Å². The molecule has 2 amide bonds. The van der Waals surface area contributed by atoms with Crippen LogP contribution in [0.3, 0.4) is 0 Å². The van der Waals surface area contributed by atoms with Crippen molar-refractivity contribution in [2.24, 2.45) is 16.7 Å². The zero-order valence-corrected chi connectivity index (χ0v) is 19.3. The number of rotatable bonds is 7. The van der Waals surface area contributed by atoms with E-state index in [0.29, 0.717) is 24.9 Å². The van der Waals surface area contributed by atoms with E-state index < -0.39 is 5.41 Å². The average molecular weight is 444 g/mol. The molecule has 2 heterocycles. The number of piperidine rings is 1. The van der Waals surface area contributed by atoms with Gasteiger partial charge in [0.15, 0.2) is 0 Å². The highest BCUT2D eigenvalue weighted by Crippen LogP contribution is 2.66. The van der Waals surface area contributed by atoms with Crippen molar-refractivity contribution in [3.05, 3.63) is 67.0 Å². The Balaban J connectivity index is 1.43. The molecule has 2 aliphatic carbocycles. The van der Waals surface area contributed by atoms with E-state index in [0.717, 1.165) is 42.5 Å². The molecule has 1 saturated heterocycles. The van der Waals surface area contributed by atoms with Crippen LogP contribution in [0.25, 0.3) is 11.1 Å². The van der Waals surface area contributed by atoms with Crippen molar-refractivity contribution in [3.63, 3.8) is 0 Å². The third-order valence-electron chi connectivity index (χ3n) is 8.15. The Hall–Kier alpha value is -2.95. The van der Waals surface area contributed by atoms with E-state index in [2.05, 4.69) is 29.0 Å². The molecule has 1 spiro atoms. The Kier molecular flexibility index (Phi) is 5.81. The van der Waals surface area contributed by atoms with Gasteiger partial charge in [0, 0.05) is 37.9 Å². The second-order valence-electron chi connectivity index (χ2n) is 10.2. The molecule has 1 aromatic heterocycles. The van der Waals surface area contributed by atoms with Crippen LogP contribution in [0.15, 0.2) is 61.4 Å². The van der Waals surface area contributed by atoms with Crippen molar-refractivity contribution < 1.29 is 9.59 Å². The topological polar surface area (TPSA) is 62.3 Å². The molecular weight excluding hydrogens is 410 g/mol. The fourth-order valence-electron chi connectivity index (χ4n) is 6.03. The first-order chi connectivity index (χ1) is 16.1. The van der Waals surface area contributed by atoms with E-state index in [1.54, 1.807) is 18.5 Å². The summed E-state index contributed by atoms with van der Waals surface area (Å²) in [7, 11) is 0. The highest BCUT2D eigenvalue weighted by molar-refractivity contribution is 5.87. The van der Waals surface area contributed by atoms with Gasteiger partial charge in [0.25, 0.3) is 0 Å². The molecule has 0 radical (unpaired) electrons. The molecule has 1 aliphatic heterocycles. The smallest absolute Gasteiger partial charge is 0.228 e. The number of nitrogens with zero attached hydrogens (tertiary/aromatic N) is 2. The van der Waals surface area contributed by atoms with Crippen LogP contribution in [-0.2, 0) is 16.0 Å². The van der Waals surface area contributed by atoms with Gasteiger partial charge in [-0.25, -0.2) is 0 Å². The van der Waals surface area contributed by atoms with Crippen LogP contribution in [0.1, 0.15) is 44.1 Å². The normalized spacial score (nSPS) is 25.2. The Morgan fingerprint density at radius 1 is 1.12 bits per heavy atom. The molecule has 172 valence electrons. The third kappa shape index (κ3) is 4.09. The zero-order valence-electron chi connectivity index (χ0n) is 19.3. The van der Waals surface area contributed by atoms with E-state index >= 15 is 0 Å². The number of nitrogens with one attached hydrogen (secondary N) is 1. The van der Waals surface area contributed by atoms with Crippen molar-refractivity contribution >= 4 is 11.8 Å². The predicted molar refractivity (Wildman–Crippen MR) is 129 cm³/mol. The molecule has 2 aromatic rings. The van der Waals surface area contributed by atoms with Gasteiger partial charge >= 0.3 is 0 Å². The maximum Gasteiger partial charge on any atom is 0.228 e. The minimum absolute atomic E-state index is 0.0265. The number of pyridine rings is 1. The first-order valence-electron chi connectivity index (χ1n) is 12.2. The molecule has 5 rings (SSSR count). The SMILES string of the molecule is C=CCNC(=O)[C@@]1(Cc2ccccc2-c2ccncc2)CCCN(C(=O)[C@H]2CC23CCC3)C1. The van der Waals surface area contributed by atoms with Crippen LogP contribution < -0.4 is 5.32 Å². The van der Waals surface area contributed by atoms with E-state index in [4.69, 9.17) is 0 Å². The monoisotopic (exact) mass is 443 g/mol. The molecular formula is C28H33N3O2. The number of amides is 2. The fourth-order valence-corrected chi connectivity index (χ4v) is 6.03. The molecule has 3 aliphatic rings. The Labute approximate surface area is 196 Å². The number of carbonyl (C=O) groups excluding carboxylic acids is 2. The van der Waals surface area contributed by atoms with Gasteiger partial charge in [0.05, 0.1) is 5.41 Å². The van der Waals surface area contributed by atoms with Gasteiger partial charge in [-0.2, -0.15) is 0 Å². The summed E-state index contributed by atoms with van der Waals surface area (Å²) in [5.41, 5.74) is 3.01. The second-order valence-corrected chi connectivity index (χ2v) is 10.2. The molecule has 5 nitrogen and oxygen atoms in total. The van der Waals surface area contributed by atoms with Crippen LogP contribution in [-0.4, -0.2) is 41.3 Å². The molecule has 33 heavy (non-hydrogen) atoms. The summed E-state index contributed by atoms with van der Waals surface area (Å²) in [5.74, 6) is 0.485. The van der Waals surface area contributed by atoms with Crippen molar-refractivity contribution in [3.8, 4) is 11.1 Å². The molecule has 3 fully saturated rings. The second kappa shape index (κ2) is 8.77. The van der Waals surface area contributed by atoms with Gasteiger partial charge < -0.3 is 10.2 Å². The summed E-state index contributed by atoms with van der Waals surface area (Å²) in [6, 6.07) is 12.3. The zero-order chi connectivity index (χ0) is 22.9. The molecule has 1 N–H and O–H groups in total. The number of carbonyl (C=O) groups is 2. The Morgan fingerprint density at radius 2 is 1.91 bits per heavy atom. The summed E-state index contributed by atoms with van der Waals surface area (Å²) in [4.78, 5) is 33.1. The first-order valence-corrected chi connectivity index (χ1v) is 12.2. The van der Waals surface area contributed by atoms with Gasteiger partial charge in [-0.05, 0) is 72.8 Å². The lowest BCUT2D eigenvalue weighted by Crippen LogP contribution is -2.55. The van der Waals surface area contributed by atoms with Crippen LogP contribution in [0, 0.1) is 16.7 Å². The summed E-state index contributed by atoms with van der Waals surface area (Å²) in [5, 5.41) is 3.06. The van der Waals surface area contributed by atoms with Gasteiger partial charge in [0.2, 0.25) is 11.8 Å². The van der Waals surface area contributed by atoms with Crippen LogP contribution in [0.2, 0.25) is 0 Å². The summed E-state index contributed by atoms with van der Waals surface area (Å²) >= 11 is 0. The summed E-state index contributed by atoms with van der Waals surface area (Å²) in [6.45, 7) is 5.45. The van der Waals surface area contributed by atoms with Crippen molar-refractivity contribution in [1.82, 2.24) is 15.2 Å². The molecule has 2 saturated carbocycles. The molecule has 0 unspecified atom stereocenters. The minimum atomic E-state index is -0.637. The highest BCUT2D eigenvalue weighted by Gasteiger charge is 2.62. The lowest BCUT2D eigenvalue weighted by molar-refractivity contribution is -0.143. The predicted octanol–water partition coefficient (Wildman–Crippen LogP) is 4.39. The fraction of sp³-hybridized carbons (Fsp3) is 0.464. The quantitative estimate of drug-likeness (QED) is 0.646. The van der Waals surface area contributed by atoms with Gasteiger partial charge in [0.1, 0.15) is 0 Å². The first kappa shape index (κ1) is 21.9. The number of hydrogen-bond donors (Lipinski definition) is 1. The minimum Gasteiger partial charge on any atom is -0.352 e. The largest absolute Gasteiger partial charge is 0.352 e. The third-order valence-corrected chi connectivity index (χ3v) is 8.15. The van der Waals surface area contributed by atoms with E-state index in [1.165, 1.54) is 19.3 Å². The number of aromatic nitrogens is 1. The number of likely N-dealkylation sites (tertiary alicyclic amines) is 1. The number of benzene rings is 1. The number of hydrogen-bond acceptors (Lipinski definition) is 3. The Bertz CT molecular complexity index is 1050. The van der Waals surface area contributed by atoms with Crippen molar-refractivity contribution in [2.45, 2.75) is 44.9 Å². The molecule has 1 aromatic carbocycles. The lowest BCUT2D eigenvalue weighted by atomic mass is 9.72. The lowest BCUT2D eigenvalue weighted by Gasteiger charge is -2.42.